The summed E-state index contributed by atoms with van der Waals surface area (Å²) in [7, 11) is 0. The first kappa shape index (κ1) is 17.0. The molecule has 1 amide bonds. The third-order valence-corrected chi connectivity index (χ3v) is 2.87. The third-order valence-electron chi connectivity index (χ3n) is 2.87. The second kappa shape index (κ2) is 7.23. The highest BCUT2D eigenvalue weighted by atomic mass is 19.4. The maximum atomic E-state index is 13.4. The Kier molecular flexibility index (Phi) is 5.33. The quantitative estimate of drug-likeness (QED) is 0.838. The number of hydrogen-bond donors (Lipinski definition) is 1. The van der Waals surface area contributed by atoms with E-state index < -0.39 is 24.5 Å². The van der Waals surface area contributed by atoms with Crippen LogP contribution < -0.4 is 5.32 Å². The highest BCUT2D eigenvalue weighted by Gasteiger charge is 2.27. The molecule has 0 aliphatic heterocycles. The van der Waals surface area contributed by atoms with Crippen molar-refractivity contribution in [3.8, 4) is 0 Å². The molecule has 0 unspecified atom stereocenters. The normalized spacial score (nSPS) is 11.3. The fraction of sp³-hybridized carbons (Fsp3) is 0.188. The van der Waals surface area contributed by atoms with E-state index >= 15 is 0 Å². The molecule has 0 bridgehead atoms. The summed E-state index contributed by atoms with van der Waals surface area (Å²) in [6.07, 6.45) is -4.38. The maximum absolute atomic E-state index is 13.4. The molecule has 2 aromatic carbocycles. The van der Waals surface area contributed by atoms with Crippen molar-refractivity contribution in [2.75, 3.05) is 11.9 Å². The standard InChI is InChI=1S/C16H13F4NO2/c17-13-3-1-2-4-14(13)21-15(22)12-7-5-11(6-8-12)9-23-10-16(18,19)20/h1-8H,9-10H2,(H,21,22). The summed E-state index contributed by atoms with van der Waals surface area (Å²) in [6.45, 7) is -1.54. The smallest absolute Gasteiger partial charge is 0.367 e. The topological polar surface area (TPSA) is 38.3 Å². The fourth-order valence-electron chi connectivity index (χ4n) is 1.79. The van der Waals surface area contributed by atoms with Crippen molar-refractivity contribution in [3.05, 3.63) is 65.5 Å². The minimum atomic E-state index is -4.38. The number of para-hydroxylation sites is 1. The van der Waals surface area contributed by atoms with Crippen molar-refractivity contribution in [2.24, 2.45) is 0 Å². The number of ether oxygens (including phenoxy) is 1. The third kappa shape index (κ3) is 5.37. The molecule has 122 valence electrons. The SMILES string of the molecule is O=C(Nc1ccccc1F)c1ccc(COCC(F)(F)F)cc1. The summed E-state index contributed by atoms with van der Waals surface area (Å²) in [5.41, 5.74) is 0.805. The molecule has 23 heavy (non-hydrogen) atoms. The summed E-state index contributed by atoms with van der Waals surface area (Å²) in [5, 5.41) is 2.42. The van der Waals surface area contributed by atoms with E-state index in [1.807, 2.05) is 0 Å². The summed E-state index contributed by atoms with van der Waals surface area (Å²) in [5.74, 6) is -1.07. The number of benzene rings is 2. The number of hydrogen-bond acceptors (Lipinski definition) is 2. The van der Waals surface area contributed by atoms with Gasteiger partial charge in [0.1, 0.15) is 12.4 Å². The van der Waals surface area contributed by atoms with E-state index in [9.17, 15) is 22.4 Å². The van der Waals surface area contributed by atoms with Crippen LogP contribution in [-0.4, -0.2) is 18.7 Å². The Bertz CT molecular complexity index is 669. The predicted octanol–water partition coefficient (Wildman–Crippen LogP) is 4.16. The Morgan fingerprint density at radius 2 is 1.70 bits per heavy atom. The molecule has 7 heteroatoms. The zero-order valence-corrected chi connectivity index (χ0v) is 11.9. The van der Waals surface area contributed by atoms with Crippen LogP contribution in [-0.2, 0) is 11.3 Å². The number of halogens is 4. The Morgan fingerprint density at radius 1 is 1.04 bits per heavy atom. The van der Waals surface area contributed by atoms with Crippen molar-refractivity contribution >= 4 is 11.6 Å². The molecule has 1 N–H and O–H groups in total. The van der Waals surface area contributed by atoms with E-state index in [-0.39, 0.29) is 17.9 Å². The van der Waals surface area contributed by atoms with Gasteiger partial charge in [0.05, 0.1) is 12.3 Å². The zero-order valence-electron chi connectivity index (χ0n) is 11.9. The molecule has 0 atom stereocenters. The number of carbonyl (C=O) groups is 1. The van der Waals surface area contributed by atoms with E-state index in [0.717, 1.165) is 0 Å². The second-order valence-electron chi connectivity index (χ2n) is 4.74. The summed E-state index contributed by atoms with van der Waals surface area (Å²) in [6, 6.07) is 11.5. The summed E-state index contributed by atoms with van der Waals surface area (Å²) < 4.78 is 53.8. The van der Waals surface area contributed by atoms with Gasteiger partial charge in [-0.15, -0.1) is 0 Å². The molecule has 2 aromatic rings. The monoisotopic (exact) mass is 327 g/mol. The lowest BCUT2D eigenvalue weighted by Gasteiger charge is -2.09. The lowest BCUT2D eigenvalue weighted by molar-refractivity contribution is -0.176. The molecule has 2 rings (SSSR count). The first-order valence-corrected chi connectivity index (χ1v) is 6.64. The van der Waals surface area contributed by atoms with Crippen molar-refractivity contribution in [3.63, 3.8) is 0 Å². The Labute approximate surface area is 129 Å². The van der Waals surface area contributed by atoms with E-state index in [4.69, 9.17) is 0 Å². The maximum Gasteiger partial charge on any atom is 0.411 e. The fourth-order valence-corrected chi connectivity index (χ4v) is 1.79. The molecular weight excluding hydrogens is 314 g/mol. The predicted molar refractivity (Wildman–Crippen MR) is 76.5 cm³/mol. The van der Waals surface area contributed by atoms with Gasteiger partial charge in [-0.05, 0) is 29.8 Å². The minimum absolute atomic E-state index is 0.0510. The number of nitrogens with one attached hydrogen (secondary N) is 1. The van der Waals surface area contributed by atoms with Crippen LogP contribution in [0.3, 0.4) is 0 Å². The number of amides is 1. The van der Waals surface area contributed by atoms with Crippen LogP contribution in [0, 0.1) is 5.82 Å². The van der Waals surface area contributed by atoms with E-state index in [2.05, 4.69) is 10.1 Å². The lowest BCUT2D eigenvalue weighted by atomic mass is 10.1. The van der Waals surface area contributed by atoms with Gasteiger partial charge in [0.2, 0.25) is 0 Å². The molecule has 0 aliphatic carbocycles. The molecule has 0 heterocycles. The lowest BCUT2D eigenvalue weighted by Crippen LogP contribution is -2.16. The number of carbonyl (C=O) groups excluding carboxylic acids is 1. The zero-order chi connectivity index (χ0) is 16.9. The number of alkyl halides is 3. The van der Waals surface area contributed by atoms with Crippen LogP contribution in [0.1, 0.15) is 15.9 Å². The van der Waals surface area contributed by atoms with Crippen molar-refractivity contribution < 1.29 is 27.1 Å². The van der Waals surface area contributed by atoms with E-state index in [0.29, 0.717) is 5.56 Å². The minimum Gasteiger partial charge on any atom is -0.367 e. The van der Waals surface area contributed by atoms with Crippen LogP contribution in [0.15, 0.2) is 48.5 Å². The van der Waals surface area contributed by atoms with Crippen LogP contribution in [0.5, 0.6) is 0 Å². The van der Waals surface area contributed by atoms with Crippen LogP contribution >= 0.6 is 0 Å². The van der Waals surface area contributed by atoms with Crippen molar-refractivity contribution in [1.29, 1.82) is 0 Å². The molecule has 0 saturated carbocycles. The molecular formula is C16H13F4NO2. The largest absolute Gasteiger partial charge is 0.411 e. The Hall–Kier alpha value is -2.41. The van der Waals surface area contributed by atoms with Gasteiger partial charge in [-0.1, -0.05) is 24.3 Å². The van der Waals surface area contributed by atoms with Gasteiger partial charge in [0, 0.05) is 5.56 Å². The first-order chi connectivity index (χ1) is 10.8. The second-order valence-corrected chi connectivity index (χ2v) is 4.74. The van der Waals surface area contributed by atoms with Crippen LogP contribution in [0.4, 0.5) is 23.2 Å². The van der Waals surface area contributed by atoms with E-state index in [1.54, 1.807) is 6.07 Å². The number of anilines is 1. The van der Waals surface area contributed by atoms with Gasteiger partial charge in [-0.25, -0.2) is 4.39 Å². The molecule has 0 fully saturated rings. The van der Waals surface area contributed by atoms with Crippen LogP contribution in [0.25, 0.3) is 0 Å². The highest BCUT2D eigenvalue weighted by molar-refractivity contribution is 6.04. The molecule has 3 nitrogen and oxygen atoms in total. The van der Waals surface area contributed by atoms with Gasteiger partial charge in [-0.3, -0.25) is 4.79 Å². The van der Waals surface area contributed by atoms with Gasteiger partial charge >= 0.3 is 6.18 Å². The highest BCUT2D eigenvalue weighted by Crippen LogP contribution is 2.17. The average Bonchev–Trinajstić information content (AvgIpc) is 2.49. The van der Waals surface area contributed by atoms with Crippen molar-refractivity contribution in [1.82, 2.24) is 0 Å². The summed E-state index contributed by atoms with van der Waals surface area (Å²) in [4.78, 5) is 12.0. The van der Waals surface area contributed by atoms with Crippen molar-refractivity contribution in [2.45, 2.75) is 12.8 Å². The average molecular weight is 327 g/mol. The van der Waals surface area contributed by atoms with Crippen LogP contribution in [0.2, 0.25) is 0 Å². The van der Waals surface area contributed by atoms with Gasteiger partial charge in [0.25, 0.3) is 5.91 Å². The Morgan fingerprint density at radius 3 is 2.30 bits per heavy atom. The molecule has 0 spiro atoms. The first-order valence-electron chi connectivity index (χ1n) is 6.64. The van der Waals surface area contributed by atoms with Gasteiger partial charge < -0.3 is 10.1 Å². The van der Waals surface area contributed by atoms with E-state index in [1.165, 1.54) is 42.5 Å². The molecule has 0 saturated heterocycles. The molecule has 0 aromatic heterocycles. The van der Waals surface area contributed by atoms with Gasteiger partial charge in [0.15, 0.2) is 0 Å². The van der Waals surface area contributed by atoms with Gasteiger partial charge in [-0.2, -0.15) is 13.2 Å². The molecule has 0 aliphatic rings. The Balaban J connectivity index is 1.94. The molecule has 0 radical (unpaired) electrons. The number of rotatable bonds is 5. The summed E-state index contributed by atoms with van der Waals surface area (Å²) >= 11 is 0.